The molecule has 0 saturated heterocycles. The van der Waals surface area contributed by atoms with Gasteiger partial charge < -0.3 is 23.9 Å². The summed E-state index contributed by atoms with van der Waals surface area (Å²) in [6.45, 7) is 1.76. The lowest BCUT2D eigenvalue weighted by atomic mass is 10.1. The Kier molecular flexibility index (Phi) is 7.33. The van der Waals surface area contributed by atoms with Gasteiger partial charge in [-0.2, -0.15) is 13.2 Å². The van der Waals surface area contributed by atoms with Gasteiger partial charge in [-0.05, 0) is 54.1 Å². The number of para-hydroxylation sites is 2. The topological polar surface area (TPSA) is 87.0 Å². The molecule has 0 saturated carbocycles. The van der Waals surface area contributed by atoms with E-state index < -0.39 is 35.6 Å². The van der Waals surface area contributed by atoms with Crippen LogP contribution in [0.25, 0.3) is 21.7 Å². The SMILES string of the molecule is CCOc1ccccc1NC(=O)COc1ccc2c(=O)c(Oc3ccc4ccccc4c3)c(C(F)(F)F)oc2c1. The van der Waals surface area contributed by atoms with Crippen molar-refractivity contribution in [3.8, 4) is 23.0 Å². The summed E-state index contributed by atoms with van der Waals surface area (Å²) < 4.78 is 63.4. The first-order valence-electron chi connectivity index (χ1n) is 12.2. The number of hydrogen-bond donors (Lipinski definition) is 1. The van der Waals surface area contributed by atoms with Crippen LogP contribution in [-0.4, -0.2) is 19.1 Å². The van der Waals surface area contributed by atoms with Crippen LogP contribution in [0.15, 0.2) is 94.1 Å². The fourth-order valence-electron chi connectivity index (χ4n) is 4.06. The Balaban J connectivity index is 1.40. The predicted octanol–water partition coefficient (Wildman–Crippen LogP) is 7.17. The number of nitrogens with one attached hydrogen (secondary N) is 1. The lowest BCUT2D eigenvalue weighted by Gasteiger charge is -2.14. The predicted molar refractivity (Wildman–Crippen MR) is 143 cm³/mol. The van der Waals surface area contributed by atoms with Gasteiger partial charge in [-0.25, -0.2) is 0 Å². The summed E-state index contributed by atoms with van der Waals surface area (Å²) in [5, 5.41) is 4.09. The maximum Gasteiger partial charge on any atom is 0.453 e. The molecular weight excluding hydrogens is 527 g/mol. The molecule has 0 spiro atoms. The summed E-state index contributed by atoms with van der Waals surface area (Å²) in [7, 11) is 0. The monoisotopic (exact) mass is 549 g/mol. The van der Waals surface area contributed by atoms with Crippen LogP contribution in [0.3, 0.4) is 0 Å². The Hall–Kier alpha value is -4.99. The molecule has 0 unspecified atom stereocenters. The molecule has 0 bridgehead atoms. The molecule has 1 N–H and O–H groups in total. The number of benzene rings is 4. The molecule has 5 rings (SSSR count). The van der Waals surface area contributed by atoms with Crippen molar-refractivity contribution in [1.29, 1.82) is 0 Å². The van der Waals surface area contributed by atoms with E-state index in [2.05, 4.69) is 5.32 Å². The molecule has 1 heterocycles. The van der Waals surface area contributed by atoms with Gasteiger partial charge in [0.25, 0.3) is 11.7 Å². The van der Waals surface area contributed by atoms with Crippen molar-refractivity contribution in [3.05, 3.63) is 101 Å². The maximum absolute atomic E-state index is 14.0. The van der Waals surface area contributed by atoms with Crippen LogP contribution < -0.4 is 25.0 Å². The lowest BCUT2D eigenvalue weighted by Crippen LogP contribution is -2.20. The third kappa shape index (κ3) is 5.70. The van der Waals surface area contributed by atoms with Gasteiger partial charge in [-0.3, -0.25) is 9.59 Å². The summed E-state index contributed by atoms with van der Waals surface area (Å²) in [4.78, 5) is 25.5. The van der Waals surface area contributed by atoms with Crippen molar-refractivity contribution in [2.45, 2.75) is 13.1 Å². The van der Waals surface area contributed by atoms with Gasteiger partial charge in [0.2, 0.25) is 11.2 Å². The summed E-state index contributed by atoms with van der Waals surface area (Å²) in [6.07, 6.45) is -5.02. The summed E-state index contributed by atoms with van der Waals surface area (Å²) in [5.74, 6) is -2.53. The second kappa shape index (κ2) is 11.0. The van der Waals surface area contributed by atoms with E-state index in [-0.39, 0.29) is 22.5 Å². The zero-order chi connectivity index (χ0) is 28.3. The normalized spacial score (nSPS) is 11.4. The van der Waals surface area contributed by atoms with Gasteiger partial charge in [0.15, 0.2) is 6.61 Å². The first kappa shape index (κ1) is 26.6. The third-order valence-electron chi connectivity index (χ3n) is 5.85. The van der Waals surface area contributed by atoms with E-state index in [4.69, 9.17) is 18.6 Å². The van der Waals surface area contributed by atoms with E-state index in [0.29, 0.717) is 18.0 Å². The molecule has 5 aromatic rings. The quantitative estimate of drug-likeness (QED) is 0.221. The van der Waals surface area contributed by atoms with Crippen LogP contribution in [0, 0.1) is 0 Å². The first-order chi connectivity index (χ1) is 19.2. The zero-order valence-corrected chi connectivity index (χ0v) is 21.1. The van der Waals surface area contributed by atoms with Crippen LogP contribution in [0.5, 0.6) is 23.0 Å². The highest BCUT2D eigenvalue weighted by atomic mass is 19.4. The van der Waals surface area contributed by atoms with Crippen LogP contribution in [0.2, 0.25) is 0 Å². The Morgan fingerprint density at radius 3 is 2.38 bits per heavy atom. The van der Waals surface area contributed by atoms with Crippen molar-refractivity contribution < 1.29 is 36.6 Å². The molecule has 0 atom stereocenters. The largest absolute Gasteiger partial charge is 0.492 e. The summed E-state index contributed by atoms with van der Waals surface area (Å²) >= 11 is 0. The summed E-state index contributed by atoms with van der Waals surface area (Å²) in [6, 6.07) is 22.5. The molecule has 7 nitrogen and oxygen atoms in total. The zero-order valence-electron chi connectivity index (χ0n) is 21.1. The van der Waals surface area contributed by atoms with Gasteiger partial charge >= 0.3 is 6.18 Å². The highest BCUT2D eigenvalue weighted by Gasteiger charge is 2.40. The number of ether oxygens (including phenoxy) is 3. The van der Waals surface area contributed by atoms with Gasteiger partial charge in [0.05, 0.1) is 17.7 Å². The molecule has 0 aliphatic rings. The maximum atomic E-state index is 14.0. The Bertz CT molecular complexity index is 1760. The molecule has 0 aliphatic heterocycles. The van der Waals surface area contributed by atoms with Gasteiger partial charge in [0, 0.05) is 6.07 Å². The van der Waals surface area contributed by atoms with E-state index in [0.717, 1.165) is 16.8 Å². The van der Waals surface area contributed by atoms with Gasteiger partial charge in [-0.15, -0.1) is 0 Å². The van der Waals surface area contributed by atoms with Crippen molar-refractivity contribution >= 4 is 33.3 Å². The van der Waals surface area contributed by atoms with Crippen LogP contribution >= 0.6 is 0 Å². The minimum atomic E-state index is -5.02. The number of rotatable bonds is 8. The third-order valence-corrected chi connectivity index (χ3v) is 5.85. The van der Waals surface area contributed by atoms with E-state index in [1.165, 1.54) is 24.3 Å². The fourth-order valence-corrected chi connectivity index (χ4v) is 4.06. The number of hydrogen-bond acceptors (Lipinski definition) is 6. The minimum Gasteiger partial charge on any atom is -0.492 e. The number of carbonyl (C=O) groups excluding carboxylic acids is 1. The second-order valence-corrected chi connectivity index (χ2v) is 8.62. The van der Waals surface area contributed by atoms with E-state index in [9.17, 15) is 22.8 Å². The second-order valence-electron chi connectivity index (χ2n) is 8.62. The highest BCUT2D eigenvalue weighted by Crippen LogP contribution is 2.39. The van der Waals surface area contributed by atoms with Crippen molar-refractivity contribution in [1.82, 2.24) is 0 Å². The molecule has 204 valence electrons. The molecular formula is C30H22F3NO6. The molecule has 1 amide bonds. The van der Waals surface area contributed by atoms with Crippen molar-refractivity contribution in [2.75, 3.05) is 18.5 Å². The lowest BCUT2D eigenvalue weighted by molar-refractivity contribution is -0.154. The molecule has 10 heteroatoms. The van der Waals surface area contributed by atoms with E-state index in [1.54, 1.807) is 42.5 Å². The highest BCUT2D eigenvalue weighted by molar-refractivity contribution is 5.93. The van der Waals surface area contributed by atoms with Crippen molar-refractivity contribution in [3.63, 3.8) is 0 Å². The Labute approximate surface area is 225 Å². The minimum absolute atomic E-state index is 0.0280. The van der Waals surface area contributed by atoms with E-state index >= 15 is 0 Å². The van der Waals surface area contributed by atoms with Crippen LogP contribution in [0.4, 0.5) is 18.9 Å². The molecule has 1 aromatic heterocycles. The summed E-state index contributed by atoms with van der Waals surface area (Å²) in [5.41, 5.74) is -0.933. The van der Waals surface area contributed by atoms with Gasteiger partial charge in [-0.1, -0.05) is 42.5 Å². The molecule has 0 fully saturated rings. The van der Waals surface area contributed by atoms with E-state index in [1.807, 2.05) is 19.1 Å². The molecule has 0 radical (unpaired) electrons. The molecule has 4 aromatic carbocycles. The van der Waals surface area contributed by atoms with Crippen LogP contribution in [-0.2, 0) is 11.0 Å². The Morgan fingerprint density at radius 1 is 0.875 bits per heavy atom. The average molecular weight is 550 g/mol. The smallest absolute Gasteiger partial charge is 0.453 e. The molecule has 40 heavy (non-hydrogen) atoms. The molecule has 0 aliphatic carbocycles. The van der Waals surface area contributed by atoms with Gasteiger partial charge in [0.1, 0.15) is 22.8 Å². The number of fused-ring (bicyclic) bond motifs is 2. The number of anilines is 1. The Morgan fingerprint density at radius 2 is 1.60 bits per heavy atom. The fraction of sp³-hybridized carbons (Fsp3) is 0.133. The first-order valence-corrected chi connectivity index (χ1v) is 12.2. The van der Waals surface area contributed by atoms with Crippen molar-refractivity contribution in [2.24, 2.45) is 0 Å². The number of alkyl halides is 3. The van der Waals surface area contributed by atoms with Crippen LogP contribution in [0.1, 0.15) is 12.7 Å². The average Bonchev–Trinajstić information content (AvgIpc) is 2.94. The number of halogens is 3. The number of carbonyl (C=O) groups is 1. The standard InChI is InChI=1S/C30H22F3NO6/c1-2-37-24-10-6-5-9-23(24)34-26(35)17-38-20-13-14-22-25(16-20)40-29(30(31,32)33)28(27(22)36)39-21-12-11-18-7-3-4-8-19(18)15-21/h3-16H,2,17H2,1H3,(H,34,35). The number of amides is 1.